The first-order valence-electron chi connectivity index (χ1n) is 13.3. The van der Waals surface area contributed by atoms with Gasteiger partial charge in [-0.3, -0.25) is 9.36 Å². The molecule has 3 atom stereocenters. The quantitative estimate of drug-likeness (QED) is 0.160. The van der Waals surface area contributed by atoms with Gasteiger partial charge in [0.1, 0.15) is 23.7 Å². The molecular weight excluding hydrogens is 527 g/mol. The van der Waals surface area contributed by atoms with Crippen LogP contribution in [0, 0.1) is 0 Å². The number of fused-ring (bicyclic) bond motifs is 1. The fraction of sp³-hybridized carbons (Fsp3) is 0.720. The minimum absolute atomic E-state index is 0.257. The summed E-state index contributed by atoms with van der Waals surface area (Å²) in [6, 6.07) is 0. The van der Waals surface area contributed by atoms with Crippen molar-refractivity contribution in [2.24, 2.45) is 0 Å². The number of rotatable bonds is 17. The maximum atomic E-state index is 14.0. The van der Waals surface area contributed by atoms with Crippen molar-refractivity contribution >= 4 is 36.4 Å². The number of imidazole rings is 1. The summed E-state index contributed by atoms with van der Waals surface area (Å²) in [6.45, 7) is 12.3. The normalized spacial score (nSPS) is 15.2. The number of unbranched alkanes of at least 4 members (excludes halogenated alkanes) is 3. The number of nitrogens with one attached hydrogen (secondary N) is 1. The Bertz CT molecular complexity index is 1140. The number of nitrogens with zero attached hydrogens (tertiary/aromatic N) is 4. The SMILES string of the molecule is CCCCCCOC(=O)C(C)(C)N[P@](=O)(CO[C@H](C)Cn1cnc2c(N)ncnc21)O[C@@H](C)C(=O)OC(C)C. The standard InChI is InChI=1S/C25H43N6O7P/c1-8-9-10-11-12-35-24(33)25(6,7)30-39(34,38-19(5)23(32)37-17(2)3)16-36-18(4)13-31-15-29-20-21(26)27-14-28-22(20)31/h14-15,17-19H,8-13,16H2,1-7H3,(H,30,34)(H2,26,27,28)/t18-,19+,39+/m1/s1. The van der Waals surface area contributed by atoms with Gasteiger partial charge in [0, 0.05) is 0 Å². The molecule has 0 aliphatic rings. The van der Waals surface area contributed by atoms with Gasteiger partial charge in [0.25, 0.3) is 7.52 Å². The van der Waals surface area contributed by atoms with E-state index in [9.17, 15) is 14.2 Å². The van der Waals surface area contributed by atoms with Gasteiger partial charge in [-0.2, -0.15) is 0 Å². The van der Waals surface area contributed by atoms with E-state index < -0.39 is 43.6 Å². The lowest BCUT2D eigenvalue weighted by atomic mass is 10.1. The molecule has 2 aromatic heterocycles. The molecule has 0 radical (unpaired) electrons. The summed E-state index contributed by atoms with van der Waals surface area (Å²) in [5.41, 5.74) is 5.47. The lowest BCUT2D eigenvalue weighted by Crippen LogP contribution is -2.47. The molecule has 0 amide bonds. The molecule has 0 saturated heterocycles. The first-order valence-corrected chi connectivity index (χ1v) is 15.1. The third-order valence-corrected chi connectivity index (χ3v) is 7.66. The van der Waals surface area contributed by atoms with Gasteiger partial charge in [-0.15, -0.1) is 0 Å². The van der Waals surface area contributed by atoms with Crippen LogP contribution < -0.4 is 10.8 Å². The van der Waals surface area contributed by atoms with Crippen LogP contribution in [0.4, 0.5) is 5.82 Å². The van der Waals surface area contributed by atoms with Crippen LogP contribution in [0.2, 0.25) is 0 Å². The van der Waals surface area contributed by atoms with Crippen LogP contribution in [0.25, 0.3) is 11.2 Å². The highest BCUT2D eigenvalue weighted by Crippen LogP contribution is 2.46. The molecule has 0 spiro atoms. The molecule has 0 saturated carbocycles. The zero-order valence-electron chi connectivity index (χ0n) is 24.0. The summed E-state index contributed by atoms with van der Waals surface area (Å²) in [5.74, 6) is -1.01. The lowest BCUT2D eigenvalue weighted by molar-refractivity contribution is -0.155. The van der Waals surface area contributed by atoms with E-state index >= 15 is 0 Å². The van der Waals surface area contributed by atoms with Gasteiger partial charge >= 0.3 is 11.9 Å². The Morgan fingerprint density at radius 1 is 1.13 bits per heavy atom. The number of anilines is 1. The van der Waals surface area contributed by atoms with E-state index in [-0.39, 0.29) is 18.5 Å². The minimum atomic E-state index is -3.94. The van der Waals surface area contributed by atoms with Gasteiger partial charge in [0.05, 0.1) is 31.7 Å². The molecule has 2 aromatic rings. The smallest absolute Gasteiger partial charge is 0.335 e. The highest BCUT2D eigenvalue weighted by molar-refractivity contribution is 7.56. The third-order valence-electron chi connectivity index (χ3n) is 5.62. The summed E-state index contributed by atoms with van der Waals surface area (Å²) in [4.78, 5) is 37.6. The molecule has 220 valence electrons. The molecule has 39 heavy (non-hydrogen) atoms. The molecule has 0 aliphatic heterocycles. The van der Waals surface area contributed by atoms with Crippen LogP contribution in [0.1, 0.15) is 74.1 Å². The van der Waals surface area contributed by atoms with Crippen LogP contribution in [0.3, 0.4) is 0 Å². The Kier molecular flexibility index (Phi) is 12.3. The number of carbonyl (C=O) groups excluding carboxylic acids is 2. The molecule has 0 aliphatic carbocycles. The summed E-state index contributed by atoms with van der Waals surface area (Å²) in [5, 5.41) is 2.78. The highest BCUT2D eigenvalue weighted by Gasteiger charge is 2.40. The Morgan fingerprint density at radius 3 is 2.51 bits per heavy atom. The average molecular weight is 571 g/mol. The third kappa shape index (κ3) is 10.1. The van der Waals surface area contributed by atoms with E-state index in [2.05, 4.69) is 27.0 Å². The Morgan fingerprint density at radius 2 is 1.85 bits per heavy atom. The van der Waals surface area contributed by atoms with Crippen LogP contribution >= 0.6 is 7.52 Å². The summed E-state index contributed by atoms with van der Waals surface area (Å²) < 4.78 is 37.9. The van der Waals surface area contributed by atoms with Crippen molar-refractivity contribution < 1.29 is 32.9 Å². The molecule has 0 bridgehead atoms. The van der Waals surface area contributed by atoms with E-state index in [1.807, 2.05) is 0 Å². The van der Waals surface area contributed by atoms with E-state index in [1.54, 1.807) is 45.5 Å². The monoisotopic (exact) mass is 570 g/mol. The van der Waals surface area contributed by atoms with Crippen molar-refractivity contribution in [3.63, 3.8) is 0 Å². The Balaban J connectivity index is 2.12. The van der Waals surface area contributed by atoms with Crippen LogP contribution in [0.5, 0.6) is 0 Å². The van der Waals surface area contributed by atoms with Gasteiger partial charge in [0.15, 0.2) is 17.6 Å². The maximum Gasteiger partial charge on any atom is 0.335 e. The Labute approximate surface area is 230 Å². The second-order valence-corrected chi connectivity index (χ2v) is 12.3. The average Bonchev–Trinajstić information content (AvgIpc) is 3.25. The van der Waals surface area contributed by atoms with Crippen molar-refractivity contribution in [2.75, 3.05) is 18.7 Å². The number of hydrogen-bond acceptors (Lipinski definition) is 11. The predicted molar refractivity (Wildman–Crippen MR) is 147 cm³/mol. The number of nitrogen functional groups attached to an aromatic ring is 1. The summed E-state index contributed by atoms with van der Waals surface area (Å²) in [6.07, 6.45) is 4.25. The first-order chi connectivity index (χ1) is 18.3. The van der Waals surface area contributed by atoms with Crippen LogP contribution in [-0.4, -0.2) is 68.3 Å². The van der Waals surface area contributed by atoms with Gasteiger partial charge in [-0.25, -0.2) is 24.8 Å². The van der Waals surface area contributed by atoms with Gasteiger partial charge < -0.3 is 29.0 Å². The topological polar surface area (TPSA) is 170 Å². The fourth-order valence-corrected chi connectivity index (χ4v) is 5.82. The number of nitrogens with two attached hydrogens (primary N) is 1. The van der Waals surface area contributed by atoms with E-state index in [1.165, 1.54) is 13.3 Å². The van der Waals surface area contributed by atoms with Crippen molar-refractivity contribution in [3.8, 4) is 0 Å². The summed E-state index contributed by atoms with van der Waals surface area (Å²) in [7, 11) is -3.94. The van der Waals surface area contributed by atoms with Crippen molar-refractivity contribution in [1.82, 2.24) is 24.6 Å². The molecule has 13 nitrogen and oxygen atoms in total. The molecule has 2 heterocycles. The molecule has 0 aromatic carbocycles. The Hall–Kier alpha value is -2.60. The second-order valence-electron chi connectivity index (χ2n) is 10.3. The van der Waals surface area contributed by atoms with E-state index in [4.69, 9.17) is 24.5 Å². The van der Waals surface area contributed by atoms with Gasteiger partial charge in [0.2, 0.25) is 0 Å². The summed E-state index contributed by atoms with van der Waals surface area (Å²) >= 11 is 0. The van der Waals surface area contributed by atoms with E-state index in [0.717, 1.165) is 25.7 Å². The largest absolute Gasteiger partial charge is 0.464 e. The lowest BCUT2D eigenvalue weighted by Gasteiger charge is -2.31. The van der Waals surface area contributed by atoms with Gasteiger partial charge in [-0.1, -0.05) is 26.2 Å². The molecule has 14 heteroatoms. The molecule has 3 N–H and O–H groups in total. The predicted octanol–water partition coefficient (Wildman–Crippen LogP) is 3.81. The van der Waals surface area contributed by atoms with Crippen molar-refractivity contribution in [1.29, 1.82) is 0 Å². The minimum Gasteiger partial charge on any atom is -0.464 e. The number of hydrogen-bond donors (Lipinski definition) is 2. The zero-order chi connectivity index (χ0) is 29.2. The van der Waals surface area contributed by atoms with Gasteiger partial charge in [-0.05, 0) is 48.0 Å². The van der Waals surface area contributed by atoms with E-state index in [0.29, 0.717) is 17.7 Å². The van der Waals surface area contributed by atoms with Crippen molar-refractivity contribution in [2.45, 2.75) is 105 Å². The highest BCUT2D eigenvalue weighted by atomic mass is 31.2. The van der Waals surface area contributed by atoms with Crippen molar-refractivity contribution in [3.05, 3.63) is 12.7 Å². The van der Waals surface area contributed by atoms with Crippen LogP contribution in [-0.2, 0) is 39.4 Å². The molecule has 2 rings (SSSR count). The number of aromatic nitrogens is 4. The molecular formula is C25H43N6O7P. The second kappa shape index (κ2) is 14.7. The first kappa shape index (κ1) is 32.6. The molecule has 0 fully saturated rings. The number of ether oxygens (including phenoxy) is 3. The number of esters is 2. The fourth-order valence-electron chi connectivity index (χ4n) is 3.65. The van der Waals surface area contributed by atoms with Crippen LogP contribution in [0.15, 0.2) is 12.7 Å². The zero-order valence-corrected chi connectivity index (χ0v) is 24.9. The maximum absolute atomic E-state index is 14.0. The molecule has 0 unspecified atom stereocenters. The number of carbonyl (C=O) groups is 2.